The van der Waals surface area contributed by atoms with Gasteiger partial charge < -0.3 is 5.73 Å². The van der Waals surface area contributed by atoms with E-state index in [0.717, 1.165) is 4.47 Å². The monoisotopic (exact) mass is 295 g/mol. The molecule has 3 heteroatoms. The second-order valence-electron chi connectivity index (χ2n) is 3.91. The summed E-state index contributed by atoms with van der Waals surface area (Å²) in [4.78, 5) is 1.30. The van der Waals surface area contributed by atoms with Crippen molar-refractivity contribution in [3.05, 3.63) is 55.7 Å². The summed E-state index contributed by atoms with van der Waals surface area (Å²) in [6, 6.07) is 8.35. The van der Waals surface area contributed by atoms with Crippen LogP contribution in [-0.2, 0) is 0 Å². The first-order valence-corrected chi connectivity index (χ1v) is 6.82. The van der Waals surface area contributed by atoms with Gasteiger partial charge in [0.1, 0.15) is 0 Å². The van der Waals surface area contributed by atoms with Crippen LogP contribution >= 0.6 is 27.3 Å². The Balaban J connectivity index is 2.41. The van der Waals surface area contributed by atoms with Crippen LogP contribution < -0.4 is 5.73 Å². The van der Waals surface area contributed by atoms with Gasteiger partial charge in [0.2, 0.25) is 0 Å². The Kier molecular flexibility index (Phi) is 3.47. The fourth-order valence-corrected chi connectivity index (χ4v) is 3.10. The van der Waals surface area contributed by atoms with E-state index in [-0.39, 0.29) is 6.04 Å². The van der Waals surface area contributed by atoms with Gasteiger partial charge >= 0.3 is 0 Å². The fourth-order valence-electron chi connectivity index (χ4n) is 1.87. The van der Waals surface area contributed by atoms with Gasteiger partial charge in [0.25, 0.3) is 0 Å². The van der Waals surface area contributed by atoms with Crippen molar-refractivity contribution in [3.63, 3.8) is 0 Å². The van der Waals surface area contributed by atoms with Gasteiger partial charge in [-0.3, -0.25) is 0 Å². The van der Waals surface area contributed by atoms with E-state index in [2.05, 4.69) is 53.4 Å². The van der Waals surface area contributed by atoms with Crippen LogP contribution in [0.25, 0.3) is 0 Å². The van der Waals surface area contributed by atoms with Gasteiger partial charge in [0.05, 0.1) is 6.04 Å². The maximum Gasteiger partial charge on any atom is 0.0565 e. The number of aryl methyl sites for hydroxylation is 2. The van der Waals surface area contributed by atoms with Crippen LogP contribution in [0.4, 0.5) is 0 Å². The number of halogens is 1. The third-order valence-corrected chi connectivity index (χ3v) is 4.16. The maximum atomic E-state index is 6.30. The Hall–Kier alpha value is -0.640. The lowest BCUT2D eigenvalue weighted by molar-refractivity contribution is 0.859. The summed E-state index contributed by atoms with van der Waals surface area (Å²) in [5.41, 5.74) is 9.96. The highest BCUT2D eigenvalue weighted by Crippen LogP contribution is 2.29. The van der Waals surface area contributed by atoms with E-state index in [9.17, 15) is 0 Å². The predicted molar refractivity (Wildman–Crippen MR) is 74.0 cm³/mol. The Morgan fingerprint density at radius 3 is 2.50 bits per heavy atom. The molecule has 16 heavy (non-hydrogen) atoms. The summed E-state index contributed by atoms with van der Waals surface area (Å²) < 4.78 is 1.10. The zero-order valence-electron chi connectivity index (χ0n) is 9.33. The number of nitrogens with two attached hydrogens (primary N) is 1. The Morgan fingerprint density at radius 2 is 1.94 bits per heavy atom. The molecule has 1 aromatic heterocycles. The van der Waals surface area contributed by atoms with Gasteiger partial charge in [0, 0.05) is 9.35 Å². The molecule has 2 N–H and O–H groups in total. The fraction of sp³-hybridized carbons (Fsp3) is 0.231. The minimum absolute atomic E-state index is 0.0145. The lowest BCUT2D eigenvalue weighted by atomic mass is 9.96. The first-order chi connectivity index (χ1) is 7.59. The molecule has 0 spiro atoms. The molecule has 0 saturated heterocycles. The molecule has 1 heterocycles. The molecule has 0 fully saturated rings. The minimum atomic E-state index is -0.0145. The highest BCUT2D eigenvalue weighted by atomic mass is 79.9. The zero-order chi connectivity index (χ0) is 11.7. The van der Waals surface area contributed by atoms with E-state index in [1.54, 1.807) is 11.3 Å². The Labute approximate surface area is 108 Å². The van der Waals surface area contributed by atoms with Crippen molar-refractivity contribution >= 4 is 27.3 Å². The summed E-state index contributed by atoms with van der Waals surface area (Å²) in [6.45, 7) is 4.22. The van der Waals surface area contributed by atoms with E-state index in [1.165, 1.54) is 21.6 Å². The van der Waals surface area contributed by atoms with Crippen LogP contribution in [0.1, 0.15) is 27.6 Å². The van der Waals surface area contributed by atoms with Gasteiger partial charge in [-0.25, -0.2) is 0 Å². The molecule has 0 aliphatic heterocycles. The van der Waals surface area contributed by atoms with Crippen LogP contribution in [0.3, 0.4) is 0 Å². The van der Waals surface area contributed by atoms with Crippen molar-refractivity contribution in [1.82, 2.24) is 0 Å². The lowest BCUT2D eigenvalue weighted by Gasteiger charge is -2.15. The molecule has 1 nitrogen and oxygen atoms in total. The van der Waals surface area contributed by atoms with Gasteiger partial charge in [0.15, 0.2) is 0 Å². The first-order valence-electron chi connectivity index (χ1n) is 5.15. The standard InChI is InChI=1S/C13H14BrNS/c1-8-7-10(14)3-4-11(8)13(15)12-5-6-16-9(12)2/h3-7,13H,15H2,1-2H3. The molecular formula is C13H14BrNS. The van der Waals surface area contributed by atoms with Crippen molar-refractivity contribution in [2.24, 2.45) is 5.73 Å². The van der Waals surface area contributed by atoms with Gasteiger partial charge in [-0.15, -0.1) is 11.3 Å². The Morgan fingerprint density at radius 1 is 1.19 bits per heavy atom. The molecule has 1 atom stereocenters. The van der Waals surface area contributed by atoms with Crippen molar-refractivity contribution in [2.75, 3.05) is 0 Å². The molecule has 84 valence electrons. The number of benzene rings is 1. The smallest absolute Gasteiger partial charge is 0.0565 e. The molecule has 1 aromatic carbocycles. The SMILES string of the molecule is Cc1cc(Br)ccc1C(N)c1ccsc1C. The Bertz CT molecular complexity index is 504. The van der Waals surface area contributed by atoms with E-state index in [1.807, 2.05) is 6.07 Å². The quantitative estimate of drug-likeness (QED) is 0.884. The summed E-state index contributed by atoms with van der Waals surface area (Å²) in [7, 11) is 0. The number of hydrogen-bond acceptors (Lipinski definition) is 2. The van der Waals surface area contributed by atoms with Crippen molar-refractivity contribution in [3.8, 4) is 0 Å². The van der Waals surface area contributed by atoms with Crippen LogP contribution in [0.2, 0.25) is 0 Å². The average molecular weight is 296 g/mol. The lowest BCUT2D eigenvalue weighted by Crippen LogP contribution is -2.13. The van der Waals surface area contributed by atoms with Crippen molar-refractivity contribution in [2.45, 2.75) is 19.9 Å². The minimum Gasteiger partial charge on any atom is -0.320 e. The summed E-state index contributed by atoms with van der Waals surface area (Å²) in [6.07, 6.45) is 0. The highest BCUT2D eigenvalue weighted by molar-refractivity contribution is 9.10. The van der Waals surface area contributed by atoms with Crippen LogP contribution in [0, 0.1) is 13.8 Å². The second-order valence-corrected chi connectivity index (χ2v) is 5.95. The van der Waals surface area contributed by atoms with Crippen molar-refractivity contribution < 1.29 is 0 Å². The molecule has 0 bridgehead atoms. The van der Waals surface area contributed by atoms with E-state index in [0.29, 0.717) is 0 Å². The molecule has 0 aliphatic rings. The third-order valence-electron chi connectivity index (χ3n) is 2.80. The molecular weight excluding hydrogens is 282 g/mol. The molecule has 2 aromatic rings. The second kappa shape index (κ2) is 4.70. The summed E-state index contributed by atoms with van der Waals surface area (Å²) in [5.74, 6) is 0. The largest absolute Gasteiger partial charge is 0.320 e. The van der Waals surface area contributed by atoms with Crippen LogP contribution in [0.15, 0.2) is 34.1 Å². The van der Waals surface area contributed by atoms with E-state index >= 15 is 0 Å². The number of hydrogen-bond donors (Lipinski definition) is 1. The molecule has 0 amide bonds. The maximum absolute atomic E-state index is 6.30. The van der Waals surface area contributed by atoms with Crippen LogP contribution in [0.5, 0.6) is 0 Å². The topological polar surface area (TPSA) is 26.0 Å². The molecule has 2 rings (SSSR count). The summed E-state index contributed by atoms with van der Waals surface area (Å²) in [5, 5.41) is 2.10. The van der Waals surface area contributed by atoms with Gasteiger partial charge in [-0.1, -0.05) is 22.0 Å². The molecule has 0 radical (unpaired) electrons. The van der Waals surface area contributed by atoms with E-state index in [4.69, 9.17) is 5.73 Å². The van der Waals surface area contributed by atoms with Gasteiger partial charge in [-0.2, -0.15) is 0 Å². The highest BCUT2D eigenvalue weighted by Gasteiger charge is 2.14. The molecule has 0 saturated carbocycles. The van der Waals surface area contributed by atoms with Crippen LogP contribution in [-0.4, -0.2) is 0 Å². The third kappa shape index (κ3) is 2.21. The zero-order valence-corrected chi connectivity index (χ0v) is 11.7. The van der Waals surface area contributed by atoms with Crippen molar-refractivity contribution in [1.29, 1.82) is 0 Å². The average Bonchev–Trinajstić information content (AvgIpc) is 2.63. The molecule has 0 aliphatic carbocycles. The summed E-state index contributed by atoms with van der Waals surface area (Å²) >= 11 is 5.22. The number of rotatable bonds is 2. The normalized spacial score (nSPS) is 12.8. The predicted octanol–water partition coefficient (Wildman–Crippen LogP) is 4.18. The first kappa shape index (κ1) is 11.8. The number of thiophene rings is 1. The van der Waals surface area contributed by atoms with Gasteiger partial charge in [-0.05, 0) is 54.1 Å². The molecule has 1 unspecified atom stereocenters. The van der Waals surface area contributed by atoms with E-state index < -0.39 is 0 Å².